The largest absolute Gasteiger partial charge is 0.332 e. The van der Waals surface area contributed by atoms with Gasteiger partial charge in [-0.15, -0.1) is 0 Å². The maximum Gasteiger partial charge on any atom is 0.325 e. The lowest BCUT2D eigenvalue weighted by Crippen LogP contribution is -2.52. The van der Waals surface area contributed by atoms with E-state index in [1.54, 1.807) is 25.1 Å². The van der Waals surface area contributed by atoms with Gasteiger partial charge >= 0.3 is 6.03 Å². The van der Waals surface area contributed by atoms with Gasteiger partial charge in [0.05, 0.1) is 22.3 Å². The van der Waals surface area contributed by atoms with Crippen LogP contribution in [0.25, 0.3) is 0 Å². The first kappa shape index (κ1) is 22.4. The number of amides is 5. The van der Waals surface area contributed by atoms with E-state index in [9.17, 15) is 19.2 Å². The van der Waals surface area contributed by atoms with Gasteiger partial charge in [0, 0.05) is 6.54 Å². The number of anilines is 1. The summed E-state index contributed by atoms with van der Waals surface area (Å²) < 4.78 is 0. The number of hydrogen-bond donors (Lipinski definition) is 2. The van der Waals surface area contributed by atoms with Gasteiger partial charge in [0.1, 0.15) is 11.6 Å². The lowest BCUT2D eigenvalue weighted by Gasteiger charge is -2.28. The zero-order valence-corrected chi connectivity index (χ0v) is 18.3. The van der Waals surface area contributed by atoms with Crippen molar-refractivity contribution in [3.63, 3.8) is 0 Å². The van der Waals surface area contributed by atoms with Gasteiger partial charge in [-0.3, -0.25) is 14.4 Å². The second-order valence-electron chi connectivity index (χ2n) is 7.57. The summed E-state index contributed by atoms with van der Waals surface area (Å²) in [4.78, 5) is 53.1. The van der Waals surface area contributed by atoms with Crippen molar-refractivity contribution >= 4 is 52.6 Å². The number of halogens is 2. The predicted octanol–water partition coefficient (Wildman–Crippen LogP) is 3.03. The first-order valence-electron chi connectivity index (χ1n) is 9.88. The fraction of sp³-hybridized carbons (Fsp3) is 0.500. The lowest BCUT2D eigenvalue weighted by molar-refractivity contribution is -0.143. The number of urea groups is 1. The van der Waals surface area contributed by atoms with Crippen molar-refractivity contribution in [1.29, 1.82) is 0 Å². The summed E-state index contributed by atoms with van der Waals surface area (Å²) >= 11 is 12.1. The van der Waals surface area contributed by atoms with Crippen molar-refractivity contribution in [2.75, 3.05) is 18.4 Å². The van der Waals surface area contributed by atoms with E-state index >= 15 is 0 Å². The zero-order chi connectivity index (χ0) is 22.1. The van der Waals surface area contributed by atoms with Crippen LogP contribution >= 0.6 is 23.2 Å². The molecule has 1 aliphatic heterocycles. The molecule has 1 aromatic rings. The number of imide groups is 1. The molecule has 8 nitrogen and oxygen atoms in total. The Morgan fingerprint density at radius 1 is 1.23 bits per heavy atom. The molecule has 0 radical (unpaired) electrons. The molecule has 1 saturated carbocycles. The van der Waals surface area contributed by atoms with E-state index in [1.165, 1.54) is 11.8 Å². The van der Waals surface area contributed by atoms with Gasteiger partial charge in [-0.05, 0) is 38.8 Å². The zero-order valence-electron chi connectivity index (χ0n) is 16.8. The van der Waals surface area contributed by atoms with Gasteiger partial charge in [-0.1, -0.05) is 42.1 Å². The minimum Gasteiger partial charge on any atom is -0.332 e. The van der Waals surface area contributed by atoms with Crippen molar-refractivity contribution in [2.24, 2.45) is 0 Å². The Bertz CT molecular complexity index is 865. The van der Waals surface area contributed by atoms with Crippen LogP contribution in [0.1, 0.15) is 39.5 Å². The molecule has 162 valence electrons. The molecule has 2 fully saturated rings. The predicted molar refractivity (Wildman–Crippen MR) is 113 cm³/mol. The third-order valence-electron chi connectivity index (χ3n) is 5.65. The summed E-state index contributed by atoms with van der Waals surface area (Å²) in [6.07, 6.45) is 2.86. The van der Waals surface area contributed by atoms with Crippen LogP contribution in [0.3, 0.4) is 0 Å². The molecule has 1 spiro atoms. The number of hydrogen-bond acceptors (Lipinski definition) is 4. The minimum absolute atomic E-state index is 0.224. The van der Waals surface area contributed by atoms with E-state index in [4.69, 9.17) is 23.2 Å². The Labute approximate surface area is 184 Å². The number of para-hydroxylation sites is 1. The molecule has 1 heterocycles. The smallest absolute Gasteiger partial charge is 0.325 e. The third-order valence-corrected chi connectivity index (χ3v) is 6.28. The highest BCUT2D eigenvalue weighted by atomic mass is 35.5. The van der Waals surface area contributed by atoms with Gasteiger partial charge in [0.15, 0.2) is 0 Å². The Morgan fingerprint density at radius 3 is 2.40 bits per heavy atom. The van der Waals surface area contributed by atoms with Crippen molar-refractivity contribution in [1.82, 2.24) is 15.1 Å². The fourth-order valence-corrected chi connectivity index (χ4v) is 4.49. The van der Waals surface area contributed by atoms with Crippen molar-refractivity contribution < 1.29 is 19.2 Å². The number of nitrogens with zero attached hydrogens (tertiary/aromatic N) is 2. The van der Waals surface area contributed by atoms with Crippen LogP contribution in [0.5, 0.6) is 0 Å². The Hall–Kier alpha value is -2.32. The number of carbonyl (C=O) groups excluding carboxylic acids is 4. The highest BCUT2D eigenvalue weighted by molar-refractivity contribution is 6.39. The summed E-state index contributed by atoms with van der Waals surface area (Å²) in [7, 11) is 0. The molecule has 1 aromatic carbocycles. The summed E-state index contributed by atoms with van der Waals surface area (Å²) in [5.74, 6) is -1.34. The number of carbonyl (C=O) groups is 4. The molecular weight excluding hydrogens is 431 g/mol. The van der Waals surface area contributed by atoms with Gasteiger partial charge in [-0.2, -0.15) is 0 Å². The van der Waals surface area contributed by atoms with Crippen LogP contribution in [-0.4, -0.2) is 58.2 Å². The molecule has 1 atom stereocenters. The molecule has 0 bridgehead atoms. The number of likely N-dealkylation sites (N-methyl/N-ethyl adjacent to an activating group) is 1. The van der Waals surface area contributed by atoms with Crippen LogP contribution < -0.4 is 10.6 Å². The summed E-state index contributed by atoms with van der Waals surface area (Å²) in [5, 5.41) is 5.93. The minimum atomic E-state index is -1.02. The fourth-order valence-electron chi connectivity index (χ4n) is 4.00. The van der Waals surface area contributed by atoms with Crippen LogP contribution in [-0.2, 0) is 14.4 Å². The normalized spacial score (nSPS) is 18.5. The Kier molecular flexibility index (Phi) is 6.57. The van der Waals surface area contributed by atoms with E-state index < -0.39 is 29.4 Å². The van der Waals surface area contributed by atoms with Crippen molar-refractivity contribution in [3.8, 4) is 0 Å². The number of rotatable bonds is 6. The van der Waals surface area contributed by atoms with Crippen LogP contribution in [0.15, 0.2) is 18.2 Å². The second-order valence-corrected chi connectivity index (χ2v) is 8.38. The van der Waals surface area contributed by atoms with Gasteiger partial charge in [0.2, 0.25) is 11.8 Å². The lowest BCUT2D eigenvalue weighted by atomic mass is 9.97. The molecule has 30 heavy (non-hydrogen) atoms. The first-order valence-corrected chi connectivity index (χ1v) is 10.6. The quantitative estimate of drug-likeness (QED) is 0.645. The summed E-state index contributed by atoms with van der Waals surface area (Å²) in [6, 6.07) is 3.24. The van der Waals surface area contributed by atoms with E-state index in [1.807, 2.05) is 0 Å². The third kappa shape index (κ3) is 4.11. The molecule has 2 aliphatic rings. The molecule has 2 N–H and O–H groups in total. The molecule has 1 aliphatic carbocycles. The highest BCUT2D eigenvalue weighted by Gasteiger charge is 2.54. The number of nitrogens with one attached hydrogen (secondary N) is 2. The van der Waals surface area contributed by atoms with Crippen LogP contribution in [0.2, 0.25) is 10.0 Å². The molecule has 1 saturated heterocycles. The topological polar surface area (TPSA) is 98.8 Å². The molecule has 3 rings (SSSR count). The number of benzene rings is 1. The van der Waals surface area contributed by atoms with E-state index in [0.29, 0.717) is 12.8 Å². The maximum absolute atomic E-state index is 13.0. The standard InChI is InChI=1S/C20H24Cl2N4O4/c1-3-25(11-15(27)23-16-13(21)7-6-8-14(16)22)17(28)12(2)26-18(29)20(24-19(26)30)9-4-5-10-20/h6-8,12H,3-5,9-11H2,1-2H3,(H,23,27)(H,24,30). The van der Waals surface area contributed by atoms with E-state index in [0.717, 1.165) is 17.7 Å². The average Bonchev–Trinajstić information content (AvgIpc) is 3.26. The Morgan fingerprint density at radius 2 is 1.83 bits per heavy atom. The van der Waals surface area contributed by atoms with Gasteiger partial charge < -0.3 is 15.5 Å². The van der Waals surface area contributed by atoms with Gasteiger partial charge in [-0.25, -0.2) is 9.69 Å². The summed E-state index contributed by atoms with van der Waals surface area (Å²) in [6.45, 7) is 3.17. The molecule has 1 unspecified atom stereocenters. The molecular formula is C20H24Cl2N4O4. The van der Waals surface area contributed by atoms with E-state index in [-0.39, 0.29) is 34.7 Å². The van der Waals surface area contributed by atoms with Crippen LogP contribution in [0, 0.1) is 0 Å². The summed E-state index contributed by atoms with van der Waals surface area (Å²) in [5.41, 5.74) is -0.624. The Balaban J connectivity index is 1.69. The molecule has 10 heteroatoms. The van der Waals surface area contributed by atoms with Crippen LogP contribution in [0.4, 0.5) is 10.5 Å². The van der Waals surface area contributed by atoms with Crippen molar-refractivity contribution in [2.45, 2.75) is 51.1 Å². The first-order chi connectivity index (χ1) is 14.2. The molecule has 5 amide bonds. The van der Waals surface area contributed by atoms with Gasteiger partial charge in [0.25, 0.3) is 5.91 Å². The average molecular weight is 455 g/mol. The maximum atomic E-state index is 13.0. The van der Waals surface area contributed by atoms with Crippen molar-refractivity contribution in [3.05, 3.63) is 28.2 Å². The second kappa shape index (κ2) is 8.81. The SMILES string of the molecule is CCN(CC(=O)Nc1c(Cl)cccc1Cl)C(=O)C(C)N1C(=O)NC2(CCCC2)C1=O. The highest BCUT2D eigenvalue weighted by Crippen LogP contribution is 2.36. The molecule has 0 aromatic heterocycles. The van der Waals surface area contributed by atoms with E-state index in [2.05, 4.69) is 10.6 Å². The monoisotopic (exact) mass is 454 g/mol.